The Morgan fingerprint density at radius 3 is 2.37 bits per heavy atom. The lowest BCUT2D eigenvalue weighted by molar-refractivity contribution is 0.227. The van der Waals surface area contributed by atoms with Gasteiger partial charge in [0, 0.05) is 6.04 Å². The molecule has 1 N–H and O–H groups in total. The summed E-state index contributed by atoms with van der Waals surface area (Å²) in [6.07, 6.45) is 3.24. The molecule has 0 unspecified atom stereocenters. The molecule has 0 heterocycles. The molecule has 1 aromatic carbocycles. The van der Waals surface area contributed by atoms with E-state index in [1.54, 1.807) is 12.1 Å². The summed E-state index contributed by atoms with van der Waals surface area (Å²) in [5, 5.41) is 0. The molecule has 1 aliphatic carbocycles. The van der Waals surface area contributed by atoms with Crippen LogP contribution in [0.2, 0.25) is 0 Å². The van der Waals surface area contributed by atoms with Gasteiger partial charge in [0.1, 0.15) is 0 Å². The maximum absolute atomic E-state index is 12.4. The Kier molecular flexibility index (Phi) is 4.31. The highest BCUT2D eigenvalue weighted by Gasteiger charge is 2.30. The summed E-state index contributed by atoms with van der Waals surface area (Å²) in [6, 6.07) is 7.08. The second kappa shape index (κ2) is 5.63. The number of rotatable bonds is 3. The van der Waals surface area contributed by atoms with Crippen molar-refractivity contribution >= 4 is 10.0 Å². The monoisotopic (exact) mass is 281 g/mol. The van der Waals surface area contributed by atoms with Crippen molar-refractivity contribution in [2.75, 3.05) is 0 Å². The Hall–Kier alpha value is -0.870. The van der Waals surface area contributed by atoms with E-state index in [1.165, 1.54) is 6.42 Å². The van der Waals surface area contributed by atoms with E-state index >= 15 is 0 Å². The fourth-order valence-corrected chi connectivity index (χ4v) is 4.09. The zero-order valence-corrected chi connectivity index (χ0v) is 12.7. The van der Waals surface area contributed by atoms with E-state index in [1.807, 2.05) is 19.1 Å². The highest BCUT2D eigenvalue weighted by atomic mass is 32.2. The Labute approximate surface area is 116 Å². The Morgan fingerprint density at radius 1 is 1.11 bits per heavy atom. The summed E-state index contributed by atoms with van der Waals surface area (Å²) in [5.41, 5.74) is 1.07. The van der Waals surface area contributed by atoms with Crippen molar-refractivity contribution in [2.24, 2.45) is 11.8 Å². The van der Waals surface area contributed by atoms with Gasteiger partial charge in [-0.25, -0.2) is 13.1 Å². The van der Waals surface area contributed by atoms with Gasteiger partial charge in [-0.05, 0) is 37.3 Å². The summed E-state index contributed by atoms with van der Waals surface area (Å²) in [7, 11) is -3.38. The Bertz CT molecular complexity index is 522. The summed E-state index contributed by atoms with van der Waals surface area (Å²) in [5.74, 6) is 0.980. The third kappa shape index (κ3) is 3.37. The lowest BCUT2D eigenvalue weighted by atomic mass is 9.78. The van der Waals surface area contributed by atoms with Crippen LogP contribution in [-0.2, 0) is 10.0 Å². The summed E-state index contributed by atoms with van der Waals surface area (Å²) in [6.45, 7) is 6.30. The smallest absolute Gasteiger partial charge is 0.208 e. The van der Waals surface area contributed by atoms with Gasteiger partial charge in [0.05, 0.1) is 4.90 Å². The van der Waals surface area contributed by atoms with Crippen molar-refractivity contribution in [3.8, 4) is 0 Å². The molecule has 0 radical (unpaired) electrons. The summed E-state index contributed by atoms with van der Waals surface area (Å²) >= 11 is 0. The first-order valence-corrected chi connectivity index (χ1v) is 8.47. The van der Waals surface area contributed by atoms with Gasteiger partial charge < -0.3 is 0 Å². The molecular formula is C15H23NO2S. The quantitative estimate of drug-likeness (QED) is 0.925. The molecule has 106 valence electrons. The number of hydrogen-bond acceptors (Lipinski definition) is 2. The van der Waals surface area contributed by atoms with E-state index in [0.29, 0.717) is 16.7 Å². The molecule has 3 nitrogen and oxygen atoms in total. The Morgan fingerprint density at radius 2 is 1.74 bits per heavy atom. The van der Waals surface area contributed by atoms with Gasteiger partial charge in [0.15, 0.2) is 0 Å². The predicted molar refractivity (Wildman–Crippen MR) is 77.5 cm³/mol. The maximum atomic E-state index is 12.4. The lowest BCUT2D eigenvalue weighted by Crippen LogP contribution is -2.43. The van der Waals surface area contributed by atoms with Crippen LogP contribution in [0.1, 0.15) is 38.7 Å². The van der Waals surface area contributed by atoms with Crippen molar-refractivity contribution < 1.29 is 8.42 Å². The lowest BCUT2D eigenvalue weighted by Gasteiger charge is -2.34. The van der Waals surface area contributed by atoms with E-state index in [0.717, 1.165) is 18.4 Å². The van der Waals surface area contributed by atoms with Crippen molar-refractivity contribution in [2.45, 2.75) is 51.0 Å². The van der Waals surface area contributed by atoms with Gasteiger partial charge in [-0.15, -0.1) is 0 Å². The van der Waals surface area contributed by atoms with Gasteiger partial charge in [-0.2, -0.15) is 0 Å². The summed E-state index contributed by atoms with van der Waals surface area (Å²) in [4.78, 5) is 0.364. The first kappa shape index (κ1) is 14.5. The molecule has 0 amide bonds. The average Bonchev–Trinajstić information content (AvgIpc) is 2.35. The fourth-order valence-electron chi connectivity index (χ4n) is 2.73. The molecular weight excluding hydrogens is 258 g/mol. The molecule has 0 aromatic heterocycles. The zero-order chi connectivity index (χ0) is 14.0. The van der Waals surface area contributed by atoms with E-state index < -0.39 is 10.0 Å². The second-order valence-electron chi connectivity index (χ2n) is 5.81. The fraction of sp³-hybridized carbons (Fsp3) is 0.600. The van der Waals surface area contributed by atoms with Crippen LogP contribution in [0.5, 0.6) is 0 Å². The molecule has 0 saturated heterocycles. The third-order valence-electron chi connectivity index (χ3n) is 4.34. The van der Waals surface area contributed by atoms with Crippen molar-refractivity contribution in [3.63, 3.8) is 0 Å². The molecule has 2 rings (SSSR count). The third-order valence-corrected chi connectivity index (χ3v) is 5.85. The molecule has 0 aliphatic heterocycles. The van der Waals surface area contributed by atoms with Crippen LogP contribution in [0, 0.1) is 18.8 Å². The van der Waals surface area contributed by atoms with Crippen LogP contribution >= 0.6 is 0 Å². The van der Waals surface area contributed by atoms with Crippen molar-refractivity contribution in [3.05, 3.63) is 29.8 Å². The molecule has 1 aromatic rings. The molecule has 3 atom stereocenters. The van der Waals surface area contributed by atoms with Crippen molar-refractivity contribution in [1.29, 1.82) is 0 Å². The number of benzene rings is 1. The van der Waals surface area contributed by atoms with Crippen LogP contribution in [-0.4, -0.2) is 14.5 Å². The van der Waals surface area contributed by atoms with E-state index in [9.17, 15) is 8.42 Å². The standard InChI is InChI=1S/C15H23NO2S/c1-11-7-9-14(10-8-11)19(17,18)16-15-6-4-5-12(2)13(15)3/h7-10,12-13,15-16H,4-6H2,1-3H3/t12-,13+,15-/m1/s1. The van der Waals surface area contributed by atoms with Gasteiger partial charge in [-0.3, -0.25) is 0 Å². The minimum absolute atomic E-state index is 0.0649. The topological polar surface area (TPSA) is 46.2 Å². The van der Waals surface area contributed by atoms with Gasteiger partial charge in [0.2, 0.25) is 10.0 Å². The molecule has 1 aliphatic rings. The average molecular weight is 281 g/mol. The number of sulfonamides is 1. The van der Waals surface area contributed by atoms with Crippen molar-refractivity contribution in [1.82, 2.24) is 4.72 Å². The minimum atomic E-state index is -3.38. The maximum Gasteiger partial charge on any atom is 0.240 e. The van der Waals surface area contributed by atoms with Crippen LogP contribution in [0.15, 0.2) is 29.2 Å². The Balaban J connectivity index is 2.15. The van der Waals surface area contributed by atoms with Gasteiger partial charge in [0.25, 0.3) is 0 Å². The molecule has 1 saturated carbocycles. The molecule has 19 heavy (non-hydrogen) atoms. The number of aryl methyl sites for hydroxylation is 1. The minimum Gasteiger partial charge on any atom is -0.208 e. The largest absolute Gasteiger partial charge is 0.240 e. The number of hydrogen-bond donors (Lipinski definition) is 1. The highest BCUT2D eigenvalue weighted by Crippen LogP contribution is 2.30. The van der Waals surface area contributed by atoms with Crippen LogP contribution in [0.3, 0.4) is 0 Å². The van der Waals surface area contributed by atoms with Gasteiger partial charge >= 0.3 is 0 Å². The molecule has 4 heteroatoms. The zero-order valence-electron chi connectivity index (χ0n) is 11.9. The molecule has 1 fully saturated rings. The summed E-state index contributed by atoms with van der Waals surface area (Å²) < 4.78 is 27.6. The van der Waals surface area contributed by atoms with E-state index in [-0.39, 0.29) is 6.04 Å². The SMILES string of the molecule is Cc1ccc(S(=O)(=O)N[C@@H]2CCC[C@@H](C)[C@@H]2C)cc1. The number of nitrogens with one attached hydrogen (secondary N) is 1. The molecule has 0 spiro atoms. The first-order chi connectivity index (χ1) is 8.90. The van der Waals surface area contributed by atoms with Crippen LogP contribution in [0.25, 0.3) is 0 Å². The van der Waals surface area contributed by atoms with E-state index in [2.05, 4.69) is 18.6 Å². The van der Waals surface area contributed by atoms with E-state index in [4.69, 9.17) is 0 Å². The molecule has 0 bridgehead atoms. The normalized spacial score (nSPS) is 28.3. The second-order valence-corrected chi connectivity index (χ2v) is 7.52. The predicted octanol–water partition coefficient (Wildman–Crippen LogP) is 3.10. The van der Waals surface area contributed by atoms with Gasteiger partial charge in [-0.1, -0.05) is 44.4 Å². The highest BCUT2D eigenvalue weighted by molar-refractivity contribution is 7.89. The first-order valence-electron chi connectivity index (χ1n) is 6.99. The van der Waals surface area contributed by atoms with Crippen LogP contribution < -0.4 is 4.72 Å². The van der Waals surface area contributed by atoms with Crippen LogP contribution in [0.4, 0.5) is 0 Å².